The molecule has 0 heterocycles. The fraction of sp³-hybridized carbons (Fsp3) is 0.375. The topological polar surface area (TPSA) is 76.7 Å². The minimum absolute atomic E-state index is 0.134. The molecule has 1 aliphatic carbocycles. The first-order valence-corrected chi connectivity index (χ1v) is 7.50. The molecular formula is C16H19ClN2O4. The van der Waals surface area contributed by atoms with Gasteiger partial charge in [-0.25, -0.2) is 0 Å². The number of anilines is 1. The van der Waals surface area contributed by atoms with Crippen molar-refractivity contribution in [2.75, 3.05) is 26.1 Å². The molecular weight excluding hydrogens is 320 g/mol. The minimum Gasteiger partial charge on any atom is -0.495 e. The van der Waals surface area contributed by atoms with Crippen molar-refractivity contribution in [3.63, 3.8) is 0 Å². The van der Waals surface area contributed by atoms with Crippen molar-refractivity contribution >= 4 is 29.1 Å². The molecule has 0 bridgehead atoms. The summed E-state index contributed by atoms with van der Waals surface area (Å²) in [5.74, 6) is -0.144. The van der Waals surface area contributed by atoms with Crippen LogP contribution in [0.1, 0.15) is 6.42 Å². The molecule has 2 rings (SSSR count). The van der Waals surface area contributed by atoms with Crippen molar-refractivity contribution < 1.29 is 19.1 Å². The van der Waals surface area contributed by atoms with Gasteiger partial charge in [0.25, 0.3) is 0 Å². The number of ether oxygens (including phenoxy) is 2. The summed E-state index contributed by atoms with van der Waals surface area (Å²) in [5.41, 5.74) is 0.455. The Bertz CT molecular complexity index is 633. The van der Waals surface area contributed by atoms with Gasteiger partial charge in [0.2, 0.25) is 11.8 Å². The molecule has 1 aliphatic rings. The Morgan fingerprint density at radius 2 is 1.91 bits per heavy atom. The Labute approximate surface area is 139 Å². The number of methoxy groups -OCH3 is 2. The lowest BCUT2D eigenvalue weighted by molar-refractivity contribution is -0.125. The van der Waals surface area contributed by atoms with E-state index in [1.54, 1.807) is 18.2 Å². The van der Waals surface area contributed by atoms with Crippen LogP contribution >= 0.6 is 11.6 Å². The molecule has 6 nitrogen and oxygen atoms in total. The van der Waals surface area contributed by atoms with Gasteiger partial charge in [0.05, 0.1) is 36.8 Å². The summed E-state index contributed by atoms with van der Waals surface area (Å²) in [6.45, 7) is 3.93. The minimum atomic E-state index is -0.341. The molecule has 1 saturated carbocycles. The molecule has 1 aromatic carbocycles. The first-order chi connectivity index (χ1) is 11.0. The molecule has 2 atom stereocenters. The summed E-state index contributed by atoms with van der Waals surface area (Å²) >= 11 is 6.03. The number of rotatable bonds is 7. The molecule has 7 heteroatoms. The molecule has 1 aromatic rings. The quantitative estimate of drug-likeness (QED) is 0.747. The van der Waals surface area contributed by atoms with Crippen LogP contribution in [0.25, 0.3) is 0 Å². The predicted molar refractivity (Wildman–Crippen MR) is 88.0 cm³/mol. The van der Waals surface area contributed by atoms with Crippen LogP contribution in [0.15, 0.2) is 24.8 Å². The van der Waals surface area contributed by atoms with Gasteiger partial charge >= 0.3 is 0 Å². The van der Waals surface area contributed by atoms with Crippen LogP contribution in [0.5, 0.6) is 11.5 Å². The SMILES string of the molecule is C=CCNC(=O)C1CC1C(=O)Nc1cc(OC)c(Cl)cc1OC. The maximum absolute atomic E-state index is 12.3. The number of hydrogen-bond acceptors (Lipinski definition) is 4. The van der Waals surface area contributed by atoms with E-state index < -0.39 is 0 Å². The highest BCUT2D eigenvalue weighted by Gasteiger charge is 2.48. The van der Waals surface area contributed by atoms with E-state index in [2.05, 4.69) is 17.2 Å². The fourth-order valence-corrected chi connectivity index (χ4v) is 2.49. The largest absolute Gasteiger partial charge is 0.495 e. The Kier molecular flexibility index (Phi) is 5.50. The van der Waals surface area contributed by atoms with Gasteiger partial charge in [-0.2, -0.15) is 0 Å². The standard InChI is InChI=1S/C16H19ClN2O4/c1-4-5-18-15(20)9-6-10(9)16(21)19-12-8-13(22-2)11(17)7-14(12)23-3/h4,7-10H,1,5-6H2,2-3H3,(H,18,20)(H,19,21). The average Bonchev–Trinajstić information content (AvgIpc) is 3.34. The monoisotopic (exact) mass is 338 g/mol. The zero-order valence-corrected chi connectivity index (χ0v) is 13.8. The summed E-state index contributed by atoms with van der Waals surface area (Å²) in [5, 5.41) is 5.84. The van der Waals surface area contributed by atoms with E-state index in [-0.39, 0.29) is 23.7 Å². The first kappa shape index (κ1) is 17.1. The molecule has 0 aliphatic heterocycles. The second-order valence-electron chi connectivity index (χ2n) is 5.16. The van der Waals surface area contributed by atoms with Crippen molar-refractivity contribution in [3.8, 4) is 11.5 Å². The average molecular weight is 339 g/mol. The van der Waals surface area contributed by atoms with E-state index in [4.69, 9.17) is 21.1 Å². The van der Waals surface area contributed by atoms with Gasteiger partial charge in [0, 0.05) is 18.7 Å². The number of carbonyl (C=O) groups excluding carboxylic acids is 2. The lowest BCUT2D eigenvalue weighted by atomic mass is 10.2. The van der Waals surface area contributed by atoms with Crippen molar-refractivity contribution in [2.24, 2.45) is 11.8 Å². The maximum Gasteiger partial charge on any atom is 0.228 e. The first-order valence-electron chi connectivity index (χ1n) is 7.12. The van der Waals surface area contributed by atoms with Crippen molar-refractivity contribution in [3.05, 3.63) is 29.8 Å². The van der Waals surface area contributed by atoms with E-state index in [0.717, 1.165) is 0 Å². The predicted octanol–water partition coefficient (Wildman–Crippen LogP) is 2.23. The summed E-state index contributed by atoms with van der Waals surface area (Å²) in [4.78, 5) is 24.1. The Morgan fingerprint density at radius 1 is 1.26 bits per heavy atom. The van der Waals surface area contributed by atoms with Gasteiger partial charge in [0.1, 0.15) is 11.5 Å². The van der Waals surface area contributed by atoms with Gasteiger partial charge < -0.3 is 20.1 Å². The smallest absolute Gasteiger partial charge is 0.228 e. The molecule has 124 valence electrons. The zero-order valence-electron chi connectivity index (χ0n) is 13.0. The molecule has 23 heavy (non-hydrogen) atoms. The summed E-state index contributed by atoms with van der Waals surface area (Å²) in [6.07, 6.45) is 2.13. The summed E-state index contributed by atoms with van der Waals surface area (Å²) in [7, 11) is 2.97. The normalized spacial score (nSPS) is 18.7. The van der Waals surface area contributed by atoms with E-state index in [9.17, 15) is 9.59 Å². The van der Waals surface area contributed by atoms with Crippen LogP contribution < -0.4 is 20.1 Å². The van der Waals surface area contributed by atoms with Crippen molar-refractivity contribution in [2.45, 2.75) is 6.42 Å². The third-order valence-electron chi connectivity index (χ3n) is 3.62. The van der Waals surface area contributed by atoms with Crippen LogP contribution in [-0.2, 0) is 9.59 Å². The van der Waals surface area contributed by atoms with E-state index in [0.29, 0.717) is 35.2 Å². The van der Waals surface area contributed by atoms with Crippen LogP contribution in [0.2, 0.25) is 5.02 Å². The number of amides is 2. The van der Waals surface area contributed by atoms with E-state index in [1.807, 2.05) is 0 Å². The Balaban J connectivity index is 2.04. The Morgan fingerprint density at radius 3 is 2.52 bits per heavy atom. The highest BCUT2D eigenvalue weighted by molar-refractivity contribution is 6.32. The number of halogens is 1. The molecule has 2 N–H and O–H groups in total. The van der Waals surface area contributed by atoms with Gasteiger partial charge in [0.15, 0.2) is 0 Å². The molecule has 2 unspecified atom stereocenters. The number of nitrogens with one attached hydrogen (secondary N) is 2. The number of benzene rings is 1. The van der Waals surface area contributed by atoms with Gasteiger partial charge in [-0.3, -0.25) is 9.59 Å². The highest BCUT2D eigenvalue weighted by atomic mass is 35.5. The van der Waals surface area contributed by atoms with E-state index >= 15 is 0 Å². The van der Waals surface area contributed by atoms with E-state index in [1.165, 1.54) is 14.2 Å². The van der Waals surface area contributed by atoms with Gasteiger partial charge in [-0.1, -0.05) is 17.7 Å². The molecule has 1 fully saturated rings. The van der Waals surface area contributed by atoms with Crippen LogP contribution in [0, 0.1) is 11.8 Å². The zero-order chi connectivity index (χ0) is 17.0. The van der Waals surface area contributed by atoms with Crippen LogP contribution in [0.4, 0.5) is 5.69 Å². The molecule has 0 spiro atoms. The molecule has 2 amide bonds. The second kappa shape index (κ2) is 7.37. The lowest BCUT2D eigenvalue weighted by Gasteiger charge is -2.13. The third-order valence-corrected chi connectivity index (χ3v) is 3.91. The summed E-state index contributed by atoms with van der Waals surface area (Å²) < 4.78 is 10.3. The fourth-order valence-electron chi connectivity index (χ4n) is 2.26. The van der Waals surface area contributed by atoms with Crippen molar-refractivity contribution in [1.82, 2.24) is 5.32 Å². The number of carbonyl (C=O) groups is 2. The summed E-state index contributed by atoms with van der Waals surface area (Å²) in [6, 6.07) is 3.16. The number of hydrogen-bond donors (Lipinski definition) is 2. The van der Waals surface area contributed by atoms with Crippen LogP contribution in [-0.4, -0.2) is 32.6 Å². The Hall–Kier alpha value is -2.21. The van der Waals surface area contributed by atoms with Gasteiger partial charge in [-0.05, 0) is 6.42 Å². The van der Waals surface area contributed by atoms with Gasteiger partial charge in [-0.15, -0.1) is 6.58 Å². The van der Waals surface area contributed by atoms with Crippen molar-refractivity contribution in [1.29, 1.82) is 0 Å². The molecule has 0 aromatic heterocycles. The highest BCUT2D eigenvalue weighted by Crippen LogP contribution is 2.41. The molecule has 0 radical (unpaired) electrons. The lowest BCUT2D eigenvalue weighted by Crippen LogP contribution is -2.27. The second-order valence-corrected chi connectivity index (χ2v) is 5.57. The third kappa shape index (κ3) is 3.96. The molecule has 0 saturated heterocycles. The van der Waals surface area contributed by atoms with Crippen LogP contribution in [0.3, 0.4) is 0 Å². The maximum atomic E-state index is 12.3.